The summed E-state index contributed by atoms with van der Waals surface area (Å²) in [7, 11) is 0. The highest BCUT2D eigenvalue weighted by Crippen LogP contribution is 2.37. The van der Waals surface area contributed by atoms with Crippen LogP contribution in [0.5, 0.6) is 0 Å². The number of nitrogens with zero attached hydrogens (tertiary/aromatic N) is 1. The number of primary amides is 1. The fourth-order valence-corrected chi connectivity index (χ4v) is 5.02. The van der Waals surface area contributed by atoms with Crippen molar-refractivity contribution in [1.29, 1.82) is 0 Å². The molecule has 0 saturated heterocycles. The first kappa shape index (κ1) is 36.1. The Morgan fingerprint density at radius 2 is 1.43 bits per heavy atom. The molecule has 3 unspecified atom stereocenters. The van der Waals surface area contributed by atoms with E-state index in [1.165, 1.54) is 4.90 Å². The van der Waals surface area contributed by atoms with Crippen molar-refractivity contribution in [1.82, 2.24) is 15.5 Å². The average Bonchev–Trinajstić information content (AvgIpc) is 3.77. The Morgan fingerprint density at radius 3 is 1.98 bits per heavy atom. The molecule has 1 aliphatic rings. The second-order valence-corrected chi connectivity index (χ2v) is 13.7. The van der Waals surface area contributed by atoms with Gasteiger partial charge in [-0.1, -0.05) is 54.6 Å². The number of benzene rings is 2. The topological polar surface area (TPSA) is 157 Å². The highest BCUT2D eigenvalue weighted by atomic mass is 16.6. The van der Waals surface area contributed by atoms with Crippen LogP contribution in [-0.4, -0.2) is 64.0 Å². The number of carbonyl (C=O) groups excluding carboxylic acids is 5. The molecule has 0 aromatic heterocycles. The van der Waals surface area contributed by atoms with E-state index in [9.17, 15) is 24.0 Å². The predicted octanol–water partition coefficient (Wildman–Crippen LogP) is 4.26. The molecule has 0 spiro atoms. The fourth-order valence-electron chi connectivity index (χ4n) is 5.02. The maximum absolute atomic E-state index is 14.4. The van der Waals surface area contributed by atoms with Crippen LogP contribution >= 0.6 is 0 Å². The van der Waals surface area contributed by atoms with Crippen LogP contribution in [0.15, 0.2) is 54.6 Å². The molecule has 3 rings (SSSR count). The summed E-state index contributed by atoms with van der Waals surface area (Å²) in [5.41, 5.74) is 5.91. The Morgan fingerprint density at radius 1 is 0.848 bits per heavy atom. The summed E-state index contributed by atoms with van der Waals surface area (Å²) in [6.07, 6.45) is 0.333. The number of esters is 1. The molecule has 0 radical (unpaired) electrons. The van der Waals surface area contributed by atoms with Gasteiger partial charge in [0.1, 0.15) is 29.3 Å². The lowest BCUT2D eigenvalue weighted by Gasteiger charge is -2.36. The van der Waals surface area contributed by atoms with Crippen molar-refractivity contribution < 1.29 is 33.4 Å². The average molecular weight is 637 g/mol. The number of nitrogens with two attached hydrogens (primary N) is 1. The van der Waals surface area contributed by atoms with E-state index >= 15 is 0 Å². The minimum atomic E-state index is -1.20. The molecule has 4 amide bonds. The summed E-state index contributed by atoms with van der Waals surface area (Å²) in [6, 6.07) is 12.7. The maximum atomic E-state index is 14.4. The van der Waals surface area contributed by atoms with Gasteiger partial charge in [0.15, 0.2) is 0 Å². The van der Waals surface area contributed by atoms with E-state index in [-0.39, 0.29) is 25.3 Å². The SMILES string of the molecule is Cc1ccccc1C(C(=O)NC(Cc1ccccc1)C(=O)OC(C)(C)C)N(C(=O)C(CCC(N)=O)NC(=O)OC(C)(C)C)C1CC1. The Kier molecular flexibility index (Phi) is 12.0. The quantitative estimate of drug-likeness (QED) is 0.277. The van der Waals surface area contributed by atoms with E-state index in [1.807, 2.05) is 49.4 Å². The summed E-state index contributed by atoms with van der Waals surface area (Å²) in [5.74, 6) is -2.39. The Balaban J connectivity index is 2.04. The third kappa shape index (κ3) is 11.2. The van der Waals surface area contributed by atoms with E-state index in [2.05, 4.69) is 10.6 Å². The molecule has 3 atom stereocenters. The van der Waals surface area contributed by atoms with E-state index in [0.29, 0.717) is 18.4 Å². The van der Waals surface area contributed by atoms with Gasteiger partial charge >= 0.3 is 12.1 Å². The van der Waals surface area contributed by atoms with Gasteiger partial charge in [-0.2, -0.15) is 0 Å². The molecule has 1 fully saturated rings. The van der Waals surface area contributed by atoms with Gasteiger partial charge in [-0.3, -0.25) is 14.4 Å². The monoisotopic (exact) mass is 636 g/mol. The van der Waals surface area contributed by atoms with Crippen LogP contribution in [0, 0.1) is 6.92 Å². The van der Waals surface area contributed by atoms with Gasteiger partial charge in [-0.05, 0) is 84.4 Å². The van der Waals surface area contributed by atoms with Crippen LogP contribution in [0.1, 0.15) is 90.0 Å². The number of hydrogen-bond acceptors (Lipinski definition) is 7. The number of aryl methyl sites for hydroxylation is 1. The second kappa shape index (κ2) is 15.2. The minimum absolute atomic E-state index is 0.0900. The number of amides is 4. The lowest BCUT2D eigenvalue weighted by atomic mass is 9.96. The molecule has 46 heavy (non-hydrogen) atoms. The summed E-state index contributed by atoms with van der Waals surface area (Å²) in [6.45, 7) is 12.2. The summed E-state index contributed by atoms with van der Waals surface area (Å²) < 4.78 is 11.1. The van der Waals surface area contributed by atoms with Gasteiger partial charge in [0.05, 0.1) is 0 Å². The standard InChI is InChI=1S/C35H48N4O7/c1-22-13-11-12-16-25(22)29(30(41)37-27(32(43)45-34(2,3)4)21-23-14-9-8-10-15-23)39(24-17-18-24)31(42)26(19-20-28(36)40)38-33(44)46-35(5,6)7/h8-16,24,26-27,29H,17-21H2,1-7H3,(H2,36,40)(H,37,41)(H,38,44). The molecule has 4 N–H and O–H groups in total. The van der Waals surface area contributed by atoms with Gasteiger partial charge < -0.3 is 30.7 Å². The highest BCUT2D eigenvalue weighted by Gasteiger charge is 2.45. The lowest BCUT2D eigenvalue weighted by Crippen LogP contribution is -2.55. The lowest BCUT2D eigenvalue weighted by molar-refractivity contribution is -0.159. The maximum Gasteiger partial charge on any atom is 0.408 e. The molecule has 0 bridgehead atoms. The molecular formula is C35H48N4O7. The van der Waals surface area contributed by atoms with Crippen LogP contribution in [-0.2, 0) is 35.1 Å². The van der Waals surface area contributed by atoms with Crippen molar-refractivity contribution in [2.75, 3.05) is 0 Å². The molecule has 11 nitrogen and oxygen atoms in total. The zero-order valence-corrected chi connectivity index (χ0v) is 27.9. The largest absolute Gasteiger partial charge is 0.458 e. The fraction of sp³-hybridized carbons (Fsp3) is 0.514. The van der Waals surface area contributed by atoms with Crippen molar-refractivity contribution in [2.24, 2.45) is 5.73 Å². The zero-order chi connectivity index (χ0) is 34.2. The van der Waals surface area contributed by atoms with E-state index in [1.54, 1.807) is 53.7 Å². The van der Waals surface area contributed by atoms with E-state index in [4.69, 9.17) is 15.2 Å². The Labute approximate surface area is 271 Å². The number of rotatable bonds is 13. The molecule has 1 aliphatic carbocycles. The van der Waals surface area contributed by atoms with Crippen LogP contribution in [0.3, 0.4) is 0 Å². The number of carbonyl (C=O) groups is 5. The van der Waals surface area contributed by atoms with Crippen LogP contribution in [0.25, 0.3) is 0 Å². The number of ether oxygens (including phenoxy) is 2. The summed E-state index contributed by atoms with van der Waals surface area (Å²) >= 11 is 0. The third-order valence-corrected chi connectivity index (χ3v) is 7.16. The molecule has 250 valence electrons. The molecule has 0 aliphatic heterocycles. The highest BCUT2D eigenvalue weighted by molar-refractivity contribution is 5.94. The van der Waals surface area contributed by atoms with Crippen molar-refractivity contribution in [3.8, 4) is 0 Å². The van der Waals surface area contributed by atoms with Crippen LogP contribution in [0.2, 0.25) is 0 Å². The molecule has 2 aromatic carbocycles. The summed E-state index contributed by atoms with van der Waals surface area (Å²) in [4.78, 5) is 68.3. The minimum Gasteiger partial charge on any atom is -0.458 e. The first-order valence-corrected chi connectivity index (χ1v) is 15.7. The number of hydrogen-bond donors (Lipinski definition) is 3. The van der Waals surface area contributed by atoms with Crippen LogP contribution < -0.4 is 16.4 Å². The van der Waals surface area contributed by atoms with E-state index in [0.717, 1.165) is 11.1 Å². The van der Waals surface area contributed by atoms with Gasteiger partial charge in [-0.25, -0.2) is 9.59 Å². The van der Waals surface area contributed by atoms with Crippen LogP contribution in [0.4, 0.5) is 4.79 Å². The molecule has 1 saturated carbocycles. The van der Waals surface area contributed by atoms with E-state index < -0.39 is 59.1 Å². The predicted molar refractivity (Wildman–Crippen MR) is 173 cm³/mol. The smallest absolute Gasteiger partial charge is 0.408 e. The van der Waals surface area contributed by atoms with Crippen molar-refractivity contribution in [3.63, 3.8) is 0 Å². The van der Waals surface area contributed by atoms with Crippen molar-refractivity contribution in [2.45, 2.75) is 116 Å². The molecular weight excluding hydrogens is 588 g/mol. The number of alkyl carbamates (subject to hydrolysis) is 1. The molecule has 0 heterocycles. The van der Waals surface area contributed by atoms with Gasteiger partial charge in [-0.15, -0.1) is 0 Å². The second-order valence-electron chi connectivity index (χ2n) is 13.7. The first-order chi connectivity index (χ1) is 21.4. The Bertz CT molecular complexity index is 1390. The molecule has 2 aromatic rings. The number of nitrogens with one attached hydrogen (secondary N) is 2. The summed E-state index contributed by atoms with van der Waals surface area (Å²) in [5, 5.41) is 5.50. The third-order valence-electron chi connectivity index (χ3n) is 7.16. The van der Waals surface area contributed by atoms with Gasteiger partial charge in [0, 0.05) is 18.9 Å². The van der Waals surface area contributed by atoms with Gasteiger partial charge in [0.25, 0.3) is 0 Å². The Hall–Kier alpha value is -4.41. The van der Waals surface area contributed by atoms with Crippen molar-refractivity contribution in [3.05, 3.63) is 71.3 Å². The van der Waals surface area contributed by atoms with Crippen molar-refractivity contribution >= 4 is 29.8 Å². The first-order valence-electron chi connectivity index (χ1n) is 15.7. The zero-order valence-electron chi connectivity index (χ0n) is 27.9. The molecule has 11 heteroatoms. The normalized spacial score (nSPS) is 15.1. The van der Waals surface area contributed by atoms with Gasteiger partial charge in [0.2, 0.25) is 17.7 Å².